The molecule has 2 aromatic rings. The Labute approximate surface area is 224 Å². The first-order valence-electron chi connectivity index (χ1n) is 13.4. The first kappa shape index (κ1) is 28.0. The molecule has 10 heteroatoms. The second-order valence-corrected chi connectivity index (χ2v) is 24.0. The number of rotatable bonds is 5. The Morgan fingerprint density at radius 3 is 2.17 bits per heavy atom. The minimum absolute atomic E-state index is 0.0192. The summed E-state index contributed by atoms with van der Waals surface area (Å²) in [7, 11) is -3.96. The molecule has 1 spiro atoms. The van der Waals surface area contributed by atoms with Crippen molar-refractivity contribution in [1.82, 2.24) is 19.5 Å². The standard InChI is InChI=1S/C26H46ClN5O2Si2/c1-24(2,3)35(7,8)33-18-12-11-13-26(18)15-17(14-19(26)34-36(9,10)25(4,5)6)32-16-29-20-21(27)30-23(28)31-22(20)32/h16-19H,11-15H2,1-10H3,(H2,28,30,31)/t17-,18+,19-,26-/m0/s1. The van der Waals surface area contributed by atoms with Gasteiger partial charge < -0.3 is 19.2 Å². The van der Waals surface area contributed by atoms with Gasteiger partial charge in [-0.05, 0) is 61.9 Å². The molecule has 2 N–H and O–H groups in total. The SMILES string of the molecule is CC(C)(C)[Si](C)(C)O[C@H]1C[C@H](n2cnc3c(Cl)nc(N)nc32)C[C@]12CCC[C@H]2O[Si](C)(C)C(C)(C)C. The number of imidazole rings is 1. The zero-order chi connectivity index (χ0) is 26.9. The normalized spacial score (nSPS) is 28.0. The number of aromatic nitrogens is 4. The summed E-state index contributed by atoms with van der Waals surface area (Å²) in [5, 5.41) is 0.603. The van der Waals surface area contributed by atoms with E-state index in [1.54, 1.807) is 0 Å². The molecule has 0 aliphatic heterocycles. The molecule has 36 heavy (non-hydrogen) atoms. The average molecular weight is 552 g/mol. The first-order valence-corrected chi connectivity index (χ1v) is 19.6. The number of hydrogen-bond donors (Lipinski definition) is 1. The highest BCUT2D eigenvalue weighted by atomic mass is 35.5. The van der Waals surface area contributed by atoms with E-state index in [4.69, 9.17) is 26.2 Å². The zero-order valence-corrected chi connectivity index (χ0v) is 26.7. The van der Waals surface area contributed by atoms with E-state index in [-0.39, 0.29) is 39.7 Å². The van der Waals surface area contributed by atoms with E-state index in [2.05, 4.69) is 87.2 Å². The van der Waals surface area contributed by atoms with Crippen LogP contribution in [0.1, 0.15) is 79.7 Å². The van der Waals surface area contributed by atoms with Crippen LogP contribution in [0.2, 0.25) is 41.4 Å². The van der Waals surface area contributed by atoms with Gasteiger partial charge in [-0.25, -0.2) is 4.98 Å². The van der Waals surface area contributed by atoms with Gasteiger partial charge in [0, 0.05) is 11.5 Å². The van der Waals surface area contributed by atoms with E-state index >= 15 is 0 Å². The summed E-state index contributed by atoms with van der Waals surface area (Å²) < 4.78 is 16.6. The van der Waals surface area contributed by atoms with Crippen molar-refractivity contribution in [3.63, 3.8) is 0 Å². The van der Waals surface area contributed by atoms with E-state index in [9.17, 15) is 0 Å². The Morgan fingerprint density at radius 2 is 1.58 bits per heavy atom. The molecule has 2 heterocycles. The number of hydrogen-bond acceptors (Lipinski definition) is 6. The molecule has 2 aromatic heterocycles. The van der Waals surface area contributed by atoms with Crippen LogP contribution in [0, 0.1) is 5.41 Å². The lowest BCUT2D eigenvalue weighted by Gasteiger charge is -2.47. The highest BCUT2D eigenvalue weighted by Gasteiger charge is 2.59. The Morgan fingerprint density at radius 1 is 1.00 bits per heavy atom. The average Bonchev–Trinajstić information content (AvgIpc) is 3.38. The maximum atomic E-state index is 7.28. The predicted octanol–water partition coefficient (Wildman–Crippen LogP) is 7.35. The molecule has 0 aromatic carbocycles. The lowest BCUT2D eigenvalue weighted by atomic mass is 9.80. The molecule has 0 amide bonds. The summed E-state index contributed by atoms with van der Waals surface area (Å²) in [5.41, 5.74) is 7.27. The van der Waals surface area contributed by atoms with Crippen LogP contribution in [0.5, 0.6) is 0 Å². The summed E-state index contributed by atoms with van der Waals surface area (Å²) in [6.45, 7) is 23.4. The van der Waals surface area contributed by atoms with Gasteiger partial charge in [0.1, 0.15) is 5.52 Å². The van der Waals surface area contributed by atoms with E-state index in [0.717, 1.165) is 25.7 Å². The molecule has 7 nitrogen and oxygen atoms in total. The van der Waals surface area contributed by atoms with Crippen LogP contribution in [0.15, 0.2) is 6.33 Å². The molecule has 202 valence electrons. The van der Waals surface area contributed by atoms with Gasteiger partial charge in [-0.1, -0.05) is 59.6 Å². The van der Waals surface area contributed by atoms with Crippen molar-refractivity contribution >= 4 is 45.3 Å². The molecule has 0 bridgehead atoms. The maximum Gasteiger partial charge on any atom is 0.223 e. The molecule has 2 fully saturated rings. The van der Waals surface area contributed by atoms with Crippen molar-refractivity contribution in [3.05, 3.63) is 11.5 Å². The fraction of sp³-hybridized carbons (Fsp3) is 0.808. The van der Waals surface area contributed by atoms with Gasteiger partial charge in [0.25, 0.3) is 0 Å². The first-order chi connectivity index (χ1) is 16.4. The third kappa shape index (κ3) is 4.79. The molecule has 2 saturated carbocycles. The van der Waals surface area contributed by atoms with Crippen LogP contribution in [0.3, 0.4) is 0 Å². The van der Waals surface area contributed by atoms with Crippen molar-refractivity contribution in [1.29, 1.82) is 0 Å². The Hall–Kier alpha value is -1.01. The van der Waals surface area contributed by atoms with Crippen molar-refractivity contribution in [3.8, 4) is 0 Å². The van der Waals surface area contributed by atoms with Crippen molar-refractivity contribution in [2.24, 2.45) is 5.41 Å². The minimum atomic E-state index is -2.01. The van der Waals surface area contributed by atoms with E-state index < -0.39 is 16.6 Å². The monoisotopic (exact) mass is 551 g/mol. The molecule has 0 saturated heterocycles. The van der Waals surface area contributed by atoms with Gasteiger partial charge in [-0.2, -0.15) is 9.97 Å². The van der Waals surface area contributed by atoms with Crippen LogP contribution in [-0.4, -0.2) is 48.4 Å². The number of halogens is 1. The smallest absolute Gasteiger partial charge is 0.223 e. The summed E-state index contributed by atoms with van der Waals surface area (Å²) in [5.74, 6) is 0.177. The molecule has 2 aliphatic carbocycles. The van der Waals surface area contributed by atoms with Crippen LogP contribution >= 0.6 is 11.6 Å². The van der Waals surface area contributed by atoms with Crippen molar-refractivity contribution < 1.29 is 8.85 Å². The number of fused-ring (bicyclic) bond motifs is 1. The Bertz CT molecular complexity index is 1120. The van der Waals surface area contributed by atoms with Gasteiger partial charge in [0.2, 0.25) is 5.95 Å². The van der Waals surface area contributed by atoms with E-state index in [1.165, 1.54) is 6.42 Å². The number of anilines is 1. The largest absolute Gasteiger partial charge is 0.413 e. The Balaban J connectivity index is 1.76. The molecular weight excluding hydrogens is 506 g/mol. The second-order valence-electron chi connectivity index (χ2n) is 14.1. The van der Waals surface area contributed by atoms with E-state index in [1.807, 2.05) is 6.33 Å². The van der Waals surface area contributed by atoms with Crippen LogP contribution in [0.25, 0.3) is 11.2 Å². The topological polar surface area (TPSA) is 88.1 Å². The maximum absolute atomic E-state index is 7.28. The third-order valence-electron chi connectivity index (χ3n) is 9.77. The number of nitrogens with zero attached hydrogens (tertiary/aromatic N) is 4. The number of nitrogens with two attached hydrogens (primary N) is 1. The molecule has 0 radical (unpaired) electrons. The molecule has 4 rings (SSSR count). The highest BCUT2D eigenvalue weighted by Crippen LogP contribution is 2.59. The summed E-state index contributed by atoms with van der Waals surface area (Å²) in [6.07, 6.45) is 7.50. The second kappa shape index (κ2) is 9.04. The van der Waals surface area contributed by atoms with Gasteiger partial charge in [-0.3, -0.25) is 0 Å². The molecule has 0 unspecified atom stereocenters. The fourth-order valence-corrected chi connectivity index (χ4v) is 8.62. The fourth-order valence-electron chi connectivity index (χ4n) is 5.59. The minimum Gasteiger partial charge on any atom is -0.413 e. The lowest BCUT2D eigenvalue weighted by molar-refractivity contribution is -0.0175. The van der Waals surface area contributed by atoms with Crippen LogP contribution in [-0.2, 0) is 8.85 Å². The summed E-state index contributed by atoms with van der Waals surface area (Å²) in [4.78, 5) is 13.2. The van der Waals surface area contributed by atoms with Gasteiger partial charge in [0.15, 0.2) is 27.4 Å². The molecule has 4 atom stereocenters. The van der Waals surface area contributed by atoms with Crippen molar-refractivity contribution in [2.75, 3.05) is 5.73 Å². The van der Waals surface area contributed by atoms with Crippen LogP contribution < -0.4 is 5.73 Å². The zero-order valence-electron chi connectivity index (χ0n) is 23.9. The summed E-state index contributed by atoms with van der Waals surface area (Å²) in [6, 6.07) is 0.193. The van der Waals surface area contributed by atoms with Crippen LogP contribution in [0.4, 0.5) is 5.95 Å². The van der Waals surface area contributed by atoms with E-state index in [0.29, 0.717) is 16.3 Å². The number of nitrogen functional groups attached to an aromatic ring is 1. The quantitative estimate of drug-likeness (QED) is 0.308. The Kier molecular flexibility index (Phi) is 7.03. The summed E-state index contributed by atoms with van der Waals surface area (Å²) >= 11 is 6.37. The highest BCUT2D eigenvalue weighted by molar-refractivity contribution is 6.74. The molecule has 2 aliphatic rings. The predicted molar refractivity (Wildman–Crippen MR) is 153 cm³/mol. The lowest BCUT2D eigenvalue weighted by Crippen LogP contribution is -2.53. The van der Waals surface area contributed by atoms with Crippen molar-refractivity contribution in [2.45, 2.75) is 128 Å². The third-order valence-corrected chi connectivity index (χ3v) is 19.0. The molecular formula is C26H46ClN5O2Si2. The van der Waals surface area contributed by atoms with Gasteiger partial charge >= 0.3 is 0 Å². The van der Waals surface area contributed by atoms with Gasteiger partial charge in [0.05, 0.1) is 18.5 Å². The van der Waals surface area contributed by atoms with Gasteiger partial charge in [-0.15, -0.1) is 0 Å².